The van der Waals surface area contributed by atoms with Crippen LogP contribution in [0.1, 0.15) is 32.3 Å². The first kappa shape index (κ1) is 9.17. The predicted molar refractivity (Wildman–Crippen MR) is 47.4 cm³/mol. The highest BCUT2D eigenvalue weighted by molar-refractivity contribution is 5.15. The van der Waals surface area contributed by atoms with Gasteiger partial charge in [-0.05, 0) is 23.5 Å². The van der Waals surface area contributed by atoms with Crippen molar-refractivity contribution in [2.45, 2.75) is 26.7 Å². The Bertz CT molecular complexity index is 258. The zero-order valence-corrected chi connectivity index (χ0v) is 7.71. The molecule has 1 nitrogen and oxygen atoms in total. The molecule has 0 saturated heterocycles. The number of rotatable bonds is 2. The smallest absolute Gasteiger partial charge is 0.141 e. The van der Waals surface area contributed by atoms with Gasteiger partial charge in [0.15, 0.2) is 0 Å². The first-order valence-electron chi connectivity index (χ1n) is 4.21. The molecule has 0 spiro atoms. The molecule has 1 unspecified atom stereocenters. The van der Waals surface area contributed by atoms with Crippen LogP contribution in [0, 0.1) is 11.7 Å². The van der Waals surface area contributed by atoms with Crippen LogP contribution in [-0.2, 0) is 0 Å². The van der Waals surface area contributed by atoms with Gasteiger partial charge in [-0.2, -0.15) is 0 Å². The maximum atomic E-state index is 12.7. The maximum Gasteiger partial charge on any atom is 0.141 e. The molecule has 0 fully saturated rings. The van der Waals surface area contributed by atoms with Crippen molar-refractivity contribution in [2.24, 2.45) is 5.92 Å². The third-order valence-corrected chi connectivity index (χ3v) is 2.25. The molecule has 0 aliphatic rings. The SMILES string of the molecule is CC(C)C(C)c1cncc(F)c1. The van der Waals surface area contributed by atoms with Crippen LogP contribution in [0.5, 0.6) is 0 Å². The molecule has 0 radical (unpaired) electrons. The van der Waals surface area contributed by atoms with E-state index in [1.54, 1.807) is 12.3 Å². The Labute approximate surface area is 72.6 Å². The second kappa shape index (κ2) is 3.65. The Balaban J connectivity index is 2.88. The Morgan fingerprint density at radius 2 is 1.92 bits per heavy atom. The molecule has 1 rings (SSSR count). The summed E-state index contributed by atoms with van der Waals surface area (Å²) in [6, 6.07) is 1.55. The lowest BCUT2D eigenvalue weighted by Gasteiger charge is -2.14. The van der Waals surface area contributed by atoms with Crippen molar-refractivity contribution in [3.05, 3.63) is 29.8 Å². The minimum atomic E-state index is -0.250. The number of halogens is 1. The zero-order chi connectivity index (χ0) is 9.14. The molecule has 0 aliphatic heterocycles. The van der Waals surface area contributed by atoms with Gasteiger partial charge in [0.1, 0.15) is 5.82 Å². The Morgan fingerprint density at radius 3 is 2.42 bits per heavy atom. The van der Waals surface area contributed by atoms with Crippen LogP contribution >= 0.6 is 0 Å². The van der Waals surface area contributed by atoms with Crippen LogP contribution in [0.15, 0.2) is 18.5 Å². The van der Waals surface area contributed by atoms with E-state index in [0.717, 1.165) is 5.56 Å². The molecule has 1 atom stereocenters. The highest BCUT2D eigenvalue weighted by Gasteiger charge is 2.10. The zero-order valence-electron chi connectivity index (χ0n) is 7.71. The Hall–Kier alpha value is -0.920. The lowest BCUT2D eigenvalue weighted by molar-refractivity contribution is 0.527. The summed E-state index contributed by atoms with van der Waals surface area (Å²) in [6.45, 7) is 6.33. The number of nitrogens with zero attached hydrogens (tertiary/aromatic N) is 1. The van der Waals surface area contributed by atoms with E-state index in [1.807, 2.05) is 0 Å². The van der Waals surface area contributed by atoms with E-state index in [1.165, 1.54) is 6.20 Å². The molecule has 0 amide bonds. The van der Waals surface area contributed by atoms with Crippen molar-refractivity contribution in [2.75, 3.05) is 0 Å². The molecule has 12 heavy (non-hydrogen) atoms. The fourth-order valence-corrected chi connectivity index (χ4v) is 1.06. The fourth-order valence-electron chi connectivity index (χ4n) is 1.06. The maximum absolute atomic E-state index is 12.7. The fraction of sp³-hybridized carbons (Fsp3) is 0.500. The summed E-state index contributed by atoms with van der Waals surface area (Å²) in [6.07, 6.45) is 2.96. The summed E-state index contributed by atoms with van der Waals surface area (Å²) >= 11 is 0. The molecule has 0 aliphatic carbocycles. The van der Waals surface area contributed by atoms with Gasteiger partial charge in [-0.15, -0.1) is 0 Å². The van der Waals surface area contributed by atoms with Crippen molar-refractivity contribution < 1.29 is 4.39 Å². The molecule has 0 saturated carbocycles. The first-order chi connectivity index (χ1) is 5.61. The van der Waals surface area contributed by atoms with Crippen molar-refractivity contribution in [3.8, 4) is 0 Å². The minimum Gasteiger partial charge on any atom is -0.261 e. The summed E-state index contributed by atoms with van der Waals surface area (Å²) < 4.78 is 12.7. The van der Waals surface area contributed by atoms with Gasteiger partial charge >= 0.3 is 0 Å². The van der Waals surface area contributed by atoms with E-state index in [2.05, 4.69) is 25.8 Å². The van der Waals surface area contributed by atoms with Crippen molar-refractivity contribution in [3.63, 3.8) is 0 Å². The van der Waals surface area contributed by atoms with Crippen LogP contribution in [-0.4, -0.2) is 4.98 Å². The molecular formula is C10H14FN. The van der Waals surface area contributed by atoms with Crippen LogP contribution < -0.4 is 0 Å². The average molecular weight is 167 g/mol. The standard InChI is InChI=1S/C10H14FN/c1-7(2)8(3)9-4-10(11)6-12-5-9/h4-8H,1-3H3. The van der Waals surface area contributed by atoms with Gasteiger partial charge in [0, 0.05) is 6.20 Å². The third kappa shape index (κ3) is 2.03. The number of hydrogen-bond donors (Lipinski definition) is 0. The molecule has 1 aromatic rings. The molecule has 1 aromatic heterocycles. The highest BCUT2D eigenvalue weighted by Crippen LogP contribution is 2.22. The average Bonchev–Trinajstić information content (AvgIpc) is 2.03. The van der Waals surface area contributed by atoms with Crippen LogP contribution in [0.4, 0.5) is 4.39 Å². The summed E-state index contributed by atoms with van der Waals surface area (Å²) in [4.78, 5) is 3.81. The van der Waals surface area contributed by atoms with E-state index in [9.17, 15) is 4.39 Å². The van der Waals surface area contributed by atoms with E-state index in [-0.39, 0.29) is 5.82 Å². The normalized spacial score (nSPS) is 13.4. The predicted octanol–water partition coefficient (Wildman–Crippen LogP) is 2.98. The van der Waals surface area contributed by atoms with E-state index < -0.39 is 0 Å². The van der Waals surface area contributed by atoms with Gasteiger partial charge < -0.3 is 0 Å². The number of pyridine rings is 1. The number of aromatic nitrogens is 1. The van der Waals surface area contributed by atoms with E-state index >= 15 is 0 Å². The third-order valence-electron chi connectivity index (χ3n) is 2.25. The Kier molecular flexibility index (Phi) is 2.79. The molecule has 0 N–H and O–H groups in total. The summed E-state index contributed by atoms with van der Waals surface area (Å²) in [5, 5.41) is 0. The second-order valence-corrected chi connectivity index (χ2v) is 3.47. The second-order valence-electron chi connectivity index (χ2n) is 3.47. The van der Waals surface area contributed by atoms with Gasteiger partial charge in [0.05, 0.1) is 6.20 Å². The van der Waals surface area contributed by atoms with Gasteiger partial charge in [-0.3, -0.25) is 4.98 Å². The van der Waals surface area contributed by atoms with Crippen molar-refractivity contribution in [1.29, 1.82) is 0 Å². The Morgan fingerprint density at radius 1 is 1.25 bits per heavy atom. The molecule has 0 bridgehead atoms. The summed E-state index contributed by atoms with van der Waals surface area (Å²) in [5.41, 5.74) is 0.977. The summed E-state index contributed by atoms with van der Waals surface area (Å²) in [7, 11) is 0. The summed E-state index contributed by atoms with van der Waals surface area (Å²) in [5.74, 6) is 0.641. The van der Waals surface area contributed by atoms with Gasteiger partial charge in [-0.25, -0.2) is 4.39 Å². The van der Waals surface area contributed by atoms with Crippen molar-refractivity contribution >= 4 is 0 Å². The van der Waals surface area contributed by atoms with Gasteiger partial charge in [-0.1, -0.05) is 20.8 Å². The molecule has 0 aromatic carbocycles. The van der Waals surface area contributed by atoms with Crippen molar-refractivity contribution in [1.82, 2.24) is 4.98 Å². The quantitative estimate of drug-likeness (QED) is 0.659. The molecule has 2 heteroatoms. The molecule has 1 heterocycles. The molecule has 66 valence electrons. The lowest BCUT2D eigenvalue weighted by Crippen LogP contribution is -2.02. The lowest BCUT2D eigenvalue weighted by atomic mass is 9.92. The van der Waals surface area contributed by atoms with Crippen LogP contribution in [0.3, 0.4) is 0 Å². The molecular weight excluding hydrogens is 153 g/mol. The minimum absolute atomic E-state index is 0.250. The topological polar surface area (TPSA) is 12.9 Å². The largest absolute Gasteiger partial charge is 0.261 e. The van der Waals surface area contributed by atoms with E-state index in [0.29, 0.717) is 11.8 Å². The monoisotopic (exact) mass is 167 g/mol. The van der Waals surface area contributed by atoms with E-state index in [4.69, 9.17) is 0 Å². The highest BCUT2D eigenvalue weighted by atomic mass is 19.1. The van der Waals surface area contributed by atoms with Gasteiger partial charge in [0.2, 0.25) is 0 Å². The van der Waals surface area contributed by atoms with Gasteiger partial charge in [0.25, 0.3) is 0 Å². The van der Waals surface area contributed by atoms with Crippen LogP contribution in [0.2, 0.25) is 0 Å². The van der Waals surface area contributed by atoms with Crippen LogP contribution in [0.25, 0.3) is 0 Å². The number of hydrogen-bond acceptors (Lipinski definition) is 1. The first-order valence-corrected chi connectivity index (χ1v) is 4.21.